The van der Waals surface area contributed by atoms with Crippen LogP contribution in [0.4, 0.5) is 0 Å². The van der Waals surface area contributed by atoms with E-state index in [0.717, 1.165) is 11.1 Å². The second-order valence-corrected chi connectivity index (χ2v) is 4.40. The molecule has 0 aromatic heterocycles. The van der Waals surface area contributed by atoms with Gasteiger partial charge >= 0.3 is 0 Å². The van der Waals surface area contributed by atoms with Crippen molar-refractivity contribution in [1.29, 1.82) is 0 Å². The van der Waals surface area contributed by atoms with Crippen LogP contribution in [-0.2, 0) is 6.42 Å². The van der Waals surface area contributed by atoms with Crippen molar-refractivity contribution in [1.82, 2.24) is 0 Å². The second kappa shape index (κ2) is 5.38. The fourth-order valence-corrected chi connectivity index (χ4v) is 1.72. The molecule has 15 heavy (non-hydrogen) atoms. The quantitative estimate of drug-likeness (QED) is 0.832. The minimum Gasteiger partial charge on any atom is -0.506 e. The molecular weight excluding hydrogens is 212 g/mol. The number of phenols is 1. The first-order chi connectivity index (χ1) is 7.06. The highest BCUT2D eigenvalue weighted by Crippen LogP contribution is 2.32. The molecule has 0 saturated carbocycles. The van der Waals surface area contributed by atoms with E-state index in [-0.39, 0.29) is 12.4 Å². The number of rotatable bonds is 4. The van der Waals surface area contributed by atoms with Gasteiger partial charge in [0.25, 0.3) is 0 Å². The topological polar surface area (TPSA) is 40.5 Å². The number of aryl methyl sites for hydroxylation is 1. The average Bonchev–Trinajstić information content (AvgIpc) is 2.19. The molecule has 0 bridgehead atoms. The Hall–Kier alpha value is -0.730. The van der Waals surface area contributed by atoms with Crippen molar-refractivity contribution in [3.63, 3.8) is 0 Å². The highest BCUT2D eigenvalue weighted by Gasteiger charge is 2.10. The van der Waals surface area contributed by atoms with Crippen LogP contribution in [0, 0.1) is 0 Å². The molecule has 0 saturated heterocycles. The van der Waals surface area contributed by atoms with Crippen molar-refractivity contribution in [2.75, 3.05) is 6.61 Å². The van der Waals surface area contributed by atoms with Gasteiger partial charge in [-0.15, -0.1) is 0 Å². The maximum atomic E-state index is 9.72. The fourth-order valence-electron chi connectivity index (χ4n) is 1.47. The van der Waals surface area contributed by atoms with Crippen molar-refractivity contribution in [2.45, 2.75) is 32.6 Å². The summed E-state index contributed by atoms with van der Waals surface area (Å²) in [6, 6.07) is 3.76. The van der Waals surface area contributed by atoms with Crippen molar-refractivity contribution in [2.24, 2.45) is 0 Å². The average molecular weight is 229 g/mol. The molecule has 1 rings (SSSR count). The van der Waals surface area contributed by atoms with Crippen molar-refractivity contribution in [3.05, 3.63) is 28.3 Å². The lowest BCUT2D eigenvalue weighted by Gasteiger charge is -2.11. The third kappa shape index (κ3) is 3.11. The highest BCUT2D eigenvalue weighted by atomic mass is 35.5. The zero-order chi connectivity index (χ0) is 11.4. The number of hydrogen-bond acceptors (Lipinski definition) is 2. The first-order valence-electron chi connectivity index (χ1n) is 5.18. The van der Waals surface area contributed by atoms with E-state index in [2.05, 4.69) is 13.8 Å². The van der Waals surface area contributed by atoms with Gasteiger partial charge in [-0.2, -0.15) is 0 Å². The fraction of sp³-hybridized carbons (Fsp3) is 0.500. The zero-order valence-corrected chi connectivity index (χ0v) is 9.88. The maximum Gasteiger partial charge on any atom is 0.137 e. The van der Waals surface area contributed by atoms with Crippen LogP contribution in [0.5, 0.6) is 5.75 Å². The Balaban J connectivity index is 3.02. The predicted molar refractivity (Wildman–Crippen MR) is 62.6 cm³/mol. The van der Waals surface area contributed by atoms with E-state index in [1.165, 1.54) is 0 Å². The van der Waals surface area contributed by atoms with Gasteiger partial charge in [0.2, 0.25) is 0 Å². The smallest absolute Gasteiger partial charge is 0.137 e. The van der Waals surface area contributed by atoms with Gasteiger partial charge in [-0.25, -0.2) is 0 Å². The third-order valence-electron chi connectivity index (χ3n) is 2.44. The lowest BCUT2D eigenvalue weighted by atomic mass is 9.98. The molecule has 0 unspecified atom stereocenters. The summed E-state index contributed by atoms with van der Waals surface area (Å²) in [6.45, 7) is 4.29. The molecule has 0 aliphatic carbocycles. The monoisotopic (exact) mass is 228 g/mol. The van der Waals surface area contributed by atoms with Crippen LogP contribution in [0.25, 0.3) is 0 Å². The van der Waals surface area contributed by atoms with Crippen molar-refractivity contribution >= 4 is 11.6 Å². The van der Waals surface area contributed by atoms with Crippen LogP contribution < -0.4 is 0 Å². The number of aliphatic hydroxyl groups excluding tert-OH is 1. The second-order valence-electron chi connectivity index (χ2n) is 3.99. The number of phenolic OH excluding ortho intramolecular Hbond substituents is 1. The minimum atomic E-state index is 0.128. The third-order valence-corrected chi connectivity index (χ3v) is 2.72. The van der Waals surface area contributed by atoms with E-state index >= 15 is 0 Å². The summed E-state index contributed by atoms with van der Waals surface area (Å²) in [5.74, 6) is 0.533. The summed E-state index contributed by atoms with van der Waals surface area (Å²) in [7, 11) is 0. The summed E-state index contributed by atoms with van der Waals surface area (Å²) >= 11 is 5.93. The SMILES string of the molecule is CC(C)c1cc(Cl)c(O)c(CCCO)c1. The summed E-state index contributed by atoms with van der Waals surface area (Å²) in [5, 5.41) is 18.9. The predicted octanol–water partition coefficient (Wildman–Crippen LogP) is 3.09. The minimum absolute atomic E-state index is 0.128. The Morgan fingerprint density at radius 2 is 2.00 bits per heavy atom. The van der Waals surface area contributed by atoms with E-state index in [9.17, 15) is 5.11 Å². The van der Waals surface area contributed by atoms with Crippen LogP contribution in [0.2, 0.25) is 5.02 Å². The van der Waals surface area contributed by atoms with Gasteiger partial charge in [-0.3, -0.25) is 0 Å². The van der Waals surface area contributed by atoms with Gasteiger partial charge in [-0.05, 0) is 36.0 Å². The van der Waals surface area contributed by atoms with Crippen molar-refractivity contribution in [3.8, 4) is 5.75 Å². The number of hydrogen-bond donors (Lipinski definition) is 2. The Labute approximate surface area is 95.5 Å². The standard InChI is InChI=1S/C12H17ClO2/c1-8(2)10-6-9(4-3-5-14)12(15)11(13)7-10/h6-8,14-15H,3-5H2,1-2H3. The van der Waals surface area contributed by atoms with E-state index in [0.29, 0.717) is 23.8 Å². The van der Waals surface area contributed by atoms with Crippen LogP contribution in [0.1, 0.15) is 37.3 Å². The van der Waals surface area contributed by atoms with Crippen LogP contribution in [0.3, 0.4) is 0 Å². The molecule has 2 N–H and O–H groups in total. The Morgan fingerprint density at radius 1 is 1.33 bits per heavy atom. The van der Waals surface area contributed by atoms with Gasteiger partial charge in [0.15, 0.2) is 0 Å². The summed E-state index contributed by atoms with van der Waals surface area (Å²) in [4.78, 5) is 0. The van der Waals surface area contributed by atoms with Gasteiger partial charge in [-0.1, -0.05) is 31.5 Å². The van der Waals surface area contributed by atoms with E-state index in [1.807, 2.05) is 6.07 Å². The van der Waals surface area contributed by atoms with Gasteiger partial charge in [0, 0.05) is 6.61 Å². The van der Waals surface area contributed by atoms with Crippen LogP contribution in [0.15, 0.2) is 12.1 Å². The van der Waals surface area contributed by atoms with Crippen LogP contribution >= 0.6 is 11.6 Å². The van der Waals surface area contributed by atoms with Crippen LogP contribution in [-0.4, -0.2) is 16.8 Å². The lowest BCUT2D eigenvalue weighted by molar-refractivity contribution is 0.288. The molecule has 0 atom stereocenters. The molecule has 84 valence electrons. The Kier molecular flexibility index (Phi) is 4.43. The molecule has 0 spiro atoms. The molecule has 1 aromatic carbocycles. The molecule has 0 fully saturated rings. The molecule has 0 amide bonds. The number of halogens is 1. The van der Waals surface area contributed by atoms with E-state index < -0.39 is 0 Å². The molecule has 2 nitrogen and oxygen atoms in total. The van der Waals surface area contributed by atoms with E-state index in [1.54, 1.807) is 6.07 Å². The summed E-state index contributed by atoms with van der Waals surface area (Å²) in [5.41, 5.74) is 1.94. The molecule has 0 heterocycles. The maximum absolute atomic E-state index is 9.72. The summed E-state index contributed by atoms with van der Waals surface area (Å²) < 4.78 is 0. The lowest BCUT2D eigenvalue weighted by Crippen LogP contribution is -1.95. The van der Waals surface area contributed by atoms with E-state index in [4.69, 9.17) is 16.7 Å². The molecular formula is C12H17ClO2. The number of aromatic hydroxyl groups is 1. The van der Waals surface area contributed by atoms with Gasteiger partial charge in [0.05, 0.1) is 5.02 Å². The summed E-state index contributed by atoms with van der Waals surface area (Å²) in [6.07, 6.45) is 1.30. The highest BCUT2D eigenvalue weighted by molar-refractivity contribution is 6.32. The molecule has 0 aliphatic heterocycles. The molecule has 3 heteroatoms. The largest absolute Gasteiger partial charge is 0.506 e. The normalized spacial score (nSPS) is 11.0. The molecule has 1 aromatic rings. The van der Waals surface area contributed by atoms with Gasteiger partial charge < -0.3 is 10.2 Å². The zero-order valence-electron chi connectivity index (χ0n) is 9.13. The number of aliphatic hydroxyl groups is 1. The first kappa shape index (κ1) is 12.3. The molecule has 0 aliphatic rings. The Morgan fingerprint density at radius 3 is 2.53 bits per heavy atom. The Bertz CT molecular complexity index is 335. The van der Waals surface area contributed by atoms with Crippen molar-refractivity contribution < 1.29 is 10.2 Å². The first-order valence-corrected chi connectivity index (χ1v) is 5.56. The number of benzene rings is 1. The van der Waals surface area contributed by atoms with Gasteiger partial charge in [0.1, 0.15) is 5.75 Å². The molecule has 0 radical (unpaired) electrons.